The van der Waals surface area contributed by atoms with Gasteiger partial charge in [-0.3, -0.25) is 19.3 Å². The van der Waals surface area contributed by atoms with E-state index in [1.165, 1.54) is 30.0 Å². The molecule has 0 aliphatic carbocycles. The molecule has 0 bridgehead atoms. The first kappa shape index (κ1) is 24.2. The second kappa shape index (κ2) is 9.99. The summed E-state index contributed by atoms with van der Waals surface area (Å²) in [6.07, 6.45) is -2.96. The molecule has 176 valence electrons. The van der Waals surface area contributed by atoms with Crippen LogP contribution < -0.4 is 10.7 Å². The van der Waals surface area contributed by atoms with Crippen LogP contribution in [0.25, 0.3) is 5.69 Å². The molecule has 11 heteroatoms. The first-order valence-corrected chi connectivity index (χ1v) is 10.3. The lowest BCUT2D eigenvalue weighted by atomic mass is 10.2. The summed E-state index contributed by atoms with van der Waals surface area (Å²) in [6.45, 7) is 7.04. The number of hydrogen-bond acceptors (Lipinski definition) is 5. The number of nitrogens with zero attached hydrogens (tertiary/aromatic N) is 4. The number of carbonyl (C=O) groups excluding carboxylic acids is 2. The van der Waals surface area contributed by atoms with Gasteiger partial charge >= 0.3 is 6.18 Å². The average molecular weight is 463 g/mol. The van der Waals surface area contributed by atoms with Crippen molar-refractivity contribution < 1.29 is 22.8 Å². The number of aromatic nitrogens is 2. The maximum absolute atomic E-state index is 13.1. The van der Waals surface area contributed by atoms with Crippen LogP contribution in [0, 0.1) is 6.92 Å². The zero-order chi connectivity index (χ0) is 24.2. The van der Waals surface area contributed by atoms with E-state index >= 15 is 0 Å². The maximum Gasteiger partial charge on any atom is 0.416 e. The van der Waals surface area contributed by atoms with Crippen LogP contribution in [-0.4, -0.2) is 70.7 Å². The van der Waals surface area contributed by atoms with Crippen LogP contribution in [-0.2, 0) is 11.0 Å². The van der Waals surface area contributed by atoms with Gasteiger partial charge in [0.05, 0.1) is 17.8 Å². The van der Waals surface area contributed by atoms with E-state index in [1.807, 2.05) is 4.90 Å². The number of benzene rings is 1. The van der Waals surface area contributed by atoms with Crippen LogP contribution in [0.1, 0.15) is 21.7 Å². The maximum atomic E-state index is 13.1. The van der Waals surface area contributed by atoms with Crippen LogP contribution in [0.5, 0.6) is 0 Å². The Bertz CT molecular complexity index is 1110. The number of halogens is 3. The Kier molecular flexibility index (Phi) is 7.32. The monoisotopic (exact) mass is 463 g/mol. The number of piperazine rings is 1. The summed E-state index contributed by atoms with van der Waals surface area (Å²) >= 11 is 0. The van der Waals surface area contributed by atoms with Gasteiger partial charge < -0.3 is 10.2 Å². The fraction of sp³-hybridized carbons (Fsp3) is 0.364. The molecule has 1 N–H and O–H groups in total. The normalized spacial score (nSPS) is 14.7. The van der Waals surface area contributed by atoms with Crippen LogP contribution >= 0.6 is 0 Å². The van der Waals surface area contributed by atoms with Gasteiger partial charge in [-0.25, -0.2) is 4.68 Å². The molecule has 1 saturated heterocycles. The summed E-state index contributed by atoms with van der Waals surface area (Å²) in [5, 5.41) is 6.78. The number of rotatable bonds is 6. The Balaban J connectivity index is 1.77. The standard InChI is InChI=1S/C22H24F3N5O3/c1-3-7-26-19(32)14-28-8-10-29(11-9-28)21(33)20-18(31)12-15(2)30(27-20)17-6-4-5-16(13-17)22(23,24)25/h3-6,12-13H,1,7-11,14H2,2H3,(H,26,32). The number of aryl methyl sites for hydroxylation is 1. The van der Waals surface area contributed by atoms with E-state index in [0.29, 0.717) is 25.3 Å². The molecular formula is C22H24F3N5O3. The molecule has 2 amide bonds. The number of amides is 2. The number of alkyl halides is 3. The highest BCUT2D eigenvalue weighted by atomic mass is 19.4. The molecule has 0 saturated carbocycles. The van der Waals surface area contributed by atoms with Crippen LogP contribution in [0.2, 0.25) is 0 Å². The summed E-state index contributed by atoms with van der Waals surface area (Å²) in [6, 6.07) is 5.69. The lowest BCUT2D eigenvalue weighted by Crippen LogP contribution is -2.52. The van der Waals surface area contributed by atoms with Crippen LogP contribution in [0.15, 0.2) is 47.8 Å². The van der Waals surface area contributed by atoms with E-state index in [2.05, 4.69) is 17.0 Å². The molecule has 0 radical (unpaired) electrons. The van der Waals surface area contributed by atoms with E-state index in [1.54, 1.807) is 6.08 Å². The van der Waals surface area contributed by atoms with E-state index in [0.717, 1.165) is 16.8 Å². The second-order valence-electron chi connectivity index (χ2n) is 7.62. The zero-order valence-electron chi connectivity index (χ0n) is 18.1. The Morgan fingerprint density at radius 3 is 2.52 bits per heavy atom. The van der Waals surface area contributed by atoms with Crippen LogP contribution in [0.3, 0.4) is 0 Å². The fourth-order valence-electron chi connectivity index (χ4n) is 3.47. The van der Waals surface area contributed by atoms with Crippen molar-refractivity contribution in [3.8, 4) is 5.69 Å². The molecule has 0 spiro atoms. The third kappa shape index (κ3) is 5.86. The Morgan fingerprint density at radius 1 is 1.18 bits per heavy atom. The molecule has 8 nitrogen and oxygen atoms in total. The number of hydrogen-bond donors (Lipinski definition) is 1. The van der Waals surface area contributed by atoms with E-state index < -0.39 is 23.1 Å². The van der Waals surface area contributed by atoms with Gasteiger partial charge in [0.25, 0.3) is 5.91 Å². The molecule has 1 aliphatic heterocycles. The minimum absolute atomic E-state index is 0.0896. The molecule has 1 aliphatic rings. The molecule has 1 aromatic carbocycles. The smallest absolute Gasteiger partial charge is 0.352 e. The minimum Gasteiger partial charge on any atom is -0.352 e. The summed E-state index contributed by atoms with van der Waals surface area (Å²) in [5.41, 5.74) is -1.44. The fourth-order valence-corrected chi connectivity index (χ4v) is 3.47. The van der Waals surface area contributed by atoms with Crippen molar-refractivity contribution in [2.24, 2.45) is 0 Å². The molecule has 2 aromatic rings. The lowest BCUT2D eigenvalue weighted by Gasteiger charge is -2.34. The predicted octanol–water partition coefficient (Wildman–Crippen LogP) is 1.62. The Labute approximate surface area is 188 Å². The van der Waals surface area contributed by atoms with Gasteiger partial charge in [0, 0.05) is 44.5 Å². The summed E-state index contributed by atoms with van der Waals surface area (Å²) < 4.78 is 40.4. The topological polar surface area (TPSA) is 87.5 Å². The van der Waals surface area contributed by atoms with E-state index in [4.69, 9.17) is 0 Å². The molecular weight excluding hydrogens is 439 g/mol. The molecule has 1 aromatic heterocycles. The van der Waals surface area contributed by atoms with Crippen molar-refractivity contribution in [1.82, 2.24) is 24.9 Å². The third-order valence-electron chi connectivity index (χ3n) is 5.20. The predicted molar refractivity (Wildman–Crippen MR) is 115 cm³/mol. The van der Waals surface area contributed by atoms with Crippen molar-refractivity contribution in [3.63, 3.8) is 0 Å². The highest BCUT2D eigenvalue weighted by Gasteiger charge is 2.31. The first-order valence-electron chi connectivity index (χ1n) is 10.3. The van der Waals surface area contributed by atoms with Crippen molar-refractivity contribution in [2.75, 3.05) is 39.3 Å². The van der Waals surface area contributed by atoms with Gasteiger partial charge in [0.2, 0.25) is 11.3 Å². The van der Waals surface area contributed by atoms with Gasteiger partial charge in [-0.2, -0.15) is 18.3 Å². The quantitative estimate of drug-likeness (QED) is 0.658. The molecule has 1 fully saturated rings. The van der Waals surface area contributed by atoms with E-state index in [-0.39, 0.29) is 36.9 Å². The first-order chi connectivity index (χ1) is 15.6. The van der Waals surface area contributed by atoms with Gasteiger partial charge in [-0.05, 0) is 25.1 Å². The Hall–Kier alpha value is -3.47. The molecule has 0 atom stereocenters. The van der Waals surface area contributed by atoms with Crippen molar-refractivity contribution in [3.05, 3.63) is 70.2 Å². The second-order valence-corrected chi connectivity index (χ2v) is 7.62. The lowest BCUT2D eigenvalue weighted by molar-refractivity contribution is -0.137. The summed E-state index contributed by atoms with van der Waals surface area (Å²) in [4.78, 5) is 40.6. The SMILES string of the molecule is C=CCNC(=O)CN1CCN(C(=O)c2nn(-c3cccc(C(F)(F)F)c3)c(C)cc2=O)CC1. The zero-order valence-corrected chi connectivity index (χ0v) is 18.1. The van der Waals surface area contributed by atoms with Crippen molar-refractivity contribution in [1.29, 1.82) is 0 Å². The van der Waals surface area contributed by atoms with Gasteiger partial charge in [0.15, 0.2) is 5.69 Å². The van der Waals surface area contributed by atoms with E-state index in [9.17, 15) is 27.6 Å². The van der Waals surface area contributed by atoms with Gasteiger partial charge in [0.1, 0.15) is 0 Å². The number of nitrogens with one attached hydrogen (secondary N) is 1. The Morgan fingerprint density at radius 2 is 1.88 bits per heavy atom. The summed E-state index contributed by atoms with van der Waals surface area (Å²) in [5.74, 6) is -0.754. The average Bonchev–Trinajstić information content (AvgIpc) is 2.77. The minimum atomic E-state index is -4.54. The van der Waals surface area contributed by atoms with Gasteiger partial charge in [-0.15, -0.1) is 6.58 Å². The number of carbonyl (C=O) groups is 2. The highest BCUT2D eigenvalue weighted by Crippen LogP contribution is 2.30. The van der Waals surface area contributed by atoms with Crippen LogP contribution in [0.4, 0.5) is 13.2 Å². The summed E-state index contributed by atoms with van der Waals surface area (Å²) in [7, 11) is 0. The largest absolute Gasteiger partial charge is 0.416 e. The van der Waals surface area contributed by atoms with Gasteiger partial charge in [-0.1, -0.05) is 12.1 Å². The molecule has 2 heterocycles. The molecule has 33 heavy (non-hydrogen) atoms. The molecule has 0 unspecified atom stereocenters. The molecule has 3 rings (SSSR count). The van der Waals surface area contributed by atoms with Crippen molar-refractivity contribution >= 4 is 11.8 Å². The van der Waals surface area contributed by atoms with Crippen molar-refractivity contribution in [2.45, 2.75) is 13.1 Å². The third-order valence-corrected chi connectivity index (χ3v) is 5.20. The highest BCUT2D eigenvalue weighted by molar-refractivity contribution is 5.92.